The molecule has 0 aromatic rings. The lowest BCUT2D eigenvalue weighted by molar-refractivity contribution is -0.0863. The van der Waals surface area contributed by atoms with Crippen LogP contribution in [0.4, 0.5) is 0 Å². The summed E-state index contributed by atoms with van der Waals surface area (Å²) < 4.78 is 14.2. The fraction of sp³-hybridized carbons (Fsp3) is 1.00. The Hall–Kier alpha value is -0.0900. The largest absolute Gasteiger partial charge is 0.469 e. The maximum absolute atomic E-state index is 10.3. The van der Waals surface area contributed by atoms with Gasteiger partial charge in [0.15, 0.2) is 0 Å². The van der Waals surface area contributed by atoms with E-state index in [1.807, 2.05) is 0 Å². The van der Waals surface area contributed by atoms with Gasteiger partial charge in [-0.1, -0.05) is 0 Å². The Bertz CT molecular complexity index is 245. The summed E-state index contributed by atoms with van der Waals surface area (Å²) in [5, 5.41) is 36.2. The molecule has 0 amide bonds. The molecule has 0 aliphatic carbocycles. The Morgan fingerprint density at radius 3 is 2.06 bits per heavy atom. The number of phosphoric acid groups is 1. The normalized spacial score (nSPS) is 20.2. The van der Waals surface area contributed by atoms with Crippen LogP contribution < -0.4 is 5.73 Å². The lowest BCUT2D eigenvalue weighted by Gasteiger charge is -2.26. The molecule has 0 aromatic heterocycles. The predicted molar refractivity (Wildman–Crippen MR) is 51.1 cm³/mol. The molecule has 10 heteroatoms. The Morgan fingerprint density at radius 1 is 1.19 bits per heavy atom. The zero-order valence-corrected chi connectivity index (χ0v) is 9.14. The van der Waals surface area contributed by atoms with Crippen LogP contribution in [0.25, 0.3) is 0 Å². The van der Waals surface area contributed by atoms with E-state index < -0.39 is 45.4 Å². The van der Waals surface area contributed by atoms with Gasteiger partial charge < -0.3 is 35.9 Å². The molecule has 9 nitrogen and oxygen atoms in total. The zero-order valence-electron chi connectivity index (χ0n) is 8.25. The van der Waals surface area contributed by atoms with E-state index in [1.165, 1.54) is 0 Å². The van der Waals surface area contributed by atoms with Crippen molar-refractivity contribution >= 4 is 7.82 Å². The SMILES string of the molecule is NC(CO)C(O)C(O)C(O)COP(=O)(O)O. The summed E-state index contributed by atoms with van der Waals surface area (Å²) in [6.45, 7) is -1.50. The van der Waals surface area contributed by atoms with Gasteiger partial charge in [0.25, 0.3) is 0 Å². The van der Waals surface area contributed by atoms with Crippen molar-refractivity contribution in [1.82, 2.24) is 0 Å². The van der Waals surface area contributed by atoms with E-state index in [4.69, 9.17) is 20.6 Å². The summed E-state index contributed by atoms with van der Waals surface area (Å²) in [5.74, 6) is 0. The summed E-state index contributed by atoms with van der Waals surface area (Å²) in [7, 11) is -4.75. The van der Waals surface area contributed by atoms with E-state index in [1.54, 1.807) is 0 Å². The number of nitrogens with two attached hydrogens (primary N) is 1. The molecule has 0 rings (SSSR count). The van der Waals surface area contributed by atoms with E-state index in [9.17, 15) is 19.9 Å². The average molecular weight is 261 g/mol. The Kier molecular flexibility index (Phi) is 6.56. The van der Waals surface area contributed by atoms with E-state index in [-0.39, 0.29) is 0 Å². The standard InChI is InChI=1S/C6H16NO8P/c7-3(1-8)5(10)6(11)4(9)2-15-16(12,13)14/h3-6,8-11H,1-2,7H2,(H2,12,13,14). The zero-order chi connectivity index (χ0) is 12.9. The van der Waals surface area contributed by atoms with Gasteiger partial charge in [-0.25, -0.2) is 4.57 Å². The van der Waals surface area contributed by atoms with Crippen LogP contribution in [-0.2, 0) is 9.09 Å². The van der Waals surface area contributed by atoms with Crippen molar-refractivity contribution < 1.29 is 39.3 Å². The number of aliphatic hydroxyl groups excluding tert-OH is 4. The van der Waals surface area contributed by atoms with Crippen LogP contribution in [-0.4, -0.2) is 67.8 Å². The first kappa shape index (κ1) is 15.9. The Labute approximate surface area is 91.3 Å². The van der Waals surface area contributed by atoms with E-state index in [2.05, 4.69) is 4.52 Å². The third kappa shape index (κ3) is 5.85. The number of rotatable bonds is 7. The Balaban J connectivity index is 4.17. The van der Waals surface area contributed by atoms with Gasteiger partial charge in [-0.05, 0) is 0 Å². The van der Waals surface area contributed by atoms with E-state index in [0.717, 1.165) is 0 Å². The van der Waals surface area contributed by atoms with Crippen LogP contribution in [0.2, 0.25) is 0 Å². The third-order valence-electron chi connectivity index (χ3n) is 1.81. The molecule has 8 N–H and O–H groups in total. The van der Waals surface area contributed by atoms with Gasteiger partial charge >= 0.3 is 7.82 Å². The molecule has 98 valence electrons. The summed E-state index contributed by atoms with van der Waals surface area (Å²) in [6.07, 6.45) is -5.16. The lowest BCUT2D eigenvalue weighted by atomic mass is 10.0. The van der Waals surface area contributed by atoms with Gasteiger partial charge in [0.1, 0.15) is 12.2 Å². The van der Waals surface area contributed by atoms with Gasteiger partial charge in [-0.3, -0.25) is 4.52 Å². The highest BCUT2D eigenvalue weighted by atomic mass is 31.2. The highest BCUT2D eigenvalue weighted by Gasteiger charge is 2.30. The highest BCUT2D eigenvalue weighted by Crippen LogP contribution is 2.35. The van der Waals surface area contributed by atoms with Crippen molar-refractivity contribution in [3.8, 4) is 0 Å². The smallest absolute Gasteiger partial charge is 0.395 e. The van der Waals surface area contributed by atoms with E-state index in [0.29, 0.717) is 0 Å². The molecule has 0 aliphatic heterocycles. The van der Waals surface area contributed by atoms with Crippen LogP contribution >= 0.6 is 7.82 Å². The molecular weight excluding hydrogens is 245 g/mol. The molecule has 4 atom stereocenters. The first-order valence-corrected chi connectivity index (χ1v) is 5.82. The molecule has 0 saturated heterocycles. The molecular formula is C6H16NO8P. The average Bonchev–Trinajstić information content (AvgIpc) is 2.21. The minimum atomic E-state index is -4.75. The molecule has 0 bridgehead atoms. The second-order valence-electron chi connectivity index (χ2n) is 3.18. The van der Waals surface area contributed by atoms with Gasteiger partial charge in [-0.2, -0.15) is 0 Å². The third-order valence-corrected chi connectivity index (χ3v) is 2.29. The highest BCUT2D eigenvalue weighted by molar-refractivity contribution is 7.46. The quantitative estimate of drug-likeness (QED) is 0.229. The monoisotopic (exact) mass is 261 g/mol. The Morgan fingerprint density at radius 2 is 1.69 bits per heavy atom. The van der Waals surface area contributed by atoms with Gasteiger partial charge in [0.05, 0.1) is 25.4 Å². The van der Waals surface area contributed by atoms with E-state index >= 15 is 0 Å². The summed E-state index contributed by atoms with van der Waals surface area (Å²) in [5.41, 5.74) is 5.17. The molecule has 0 aliphatic rings. The molecule has 0 aromatic carbocycles. The van der Waals surface area contributed by atoms with Crippen molar-refractivity contribution in [1.29, 1.82) is 0 Å². The first-order valence-electron chi connectivity index (χ1n) is 4.29. The predicted octanol–water partition coefficient (Wildman–Crippen LogP) is -3.50. The second-order valence-corrected chi connectivity index (χ2v) is 4.42. The molecule has 4 unspecified atom stereocenters. The van der Waals surface area contributed by atoms with Gasteiger partial charge in [0, 0.05) is 0 Å². The van der Waals surface area contributed by atoms with Crippen LogP contribution in [0.15, 0.2) is 0 Å². The van der Waals surface area contributed by atoms with Crippen molar-refractivity contribution in [2.24, 2.45) is 5.73 Å². The fourth-order valence-corrected chi connectivity index (χ4v) is 1.21. The van der Waals surface area contributed by atoms with Crippen LogP contribution in [0.1, 0.15) is 0 Å². The molecule has 16 heavy (non-hydrogen) atoms. The lowest BCUT2D eigenvalue weighted by Crippen LogP contribution is -2.50. The minimum Gasteiger partial charge on any atom is -0.395 e. The fourth-order valence-electron chi connectivity index (χ4n) is 0.861. The van der Waals surface area contributed by atoms with Crippen molar-refractivity contribution in [3.63, 3.8) is 0 Å². The minimum absolute atomic E-state index is 0.621. The summed E-state index contributed by atoms with van der Waals surface area (Å²) in [6, 6.07) is -1.18. The maximum atomic E-state index is 10.3. The van der Waals surface area contributed by atoms with Crippen LogP contribution in [0.5, 0.6) is 0 Å². The molecule has 0 radical (unpaired) electrons. The van der Waals surface area contributed by atoms with Crippen LogP contribution in [0.3, 0.4) is 0 Å². The first-order chi connectivity index (χ1) is 7.19. The topological polar surface area (TPSA) is 174 Å². The molecule has 0 heterocycles. The number of hydrogen-bond acceptors (Lipinski definition) is 7. The van der Waals surface area contributed by atoms with Crippen molar-refractivity contribution in [3.05, 3.63) is 0 Å². The number of hydrogen-bond donors (Lipinski definition) is 7. The summed E-state index contributed by atoms with van der Waals surface area (Å²) >= 11 is 0. The van der Waals surface area contributed by atoms with Gasteiger partial charge in [-0.15, -0.1) is 0 Å². The van der Waals surface area contributed by atoms with Crippen LogP contribution in [0, 0.1) is 0 Å². The maximum Gasteiger partial charge on any atom is 0.469 e. The molecule has 0 fully saturated rings. The van der Waals surface area contributed by atoms with Crippen molar-refractivity contribution in [2.45, 2.75) is 24.4 Å². The second kappa shape index (κ2) is 6.60. The van der Waals surface area contributed by atoms with Crippen molar-refractivity contribution in [2.75, 3.05) is 13.2 Å². The molecule has 0 saturated carbocycles. The number of aliphatic hydroxyl groups is 4. The van der Waals surface area contributed by atoms with Gasteiger partial charge in [0.2, 0.25) is 0 Å². The number of phosphoric ester groups is 1. The summed E-state index contributed by atoms with van der Waals surface area (Å²) in [4.78, 5) is 16.6. The molecule has 0 spiro atoms.